The molecular weight excluding hydrogens is 100 g/mol. The fraction of sp³-hybridized carbons (Fsp3) is 0.833. The standard InChI is InChI=1S/C6H11N2/c1-2-8-6-4-7-3-5(1)6/h6-8H,1-4H2. The maximum atomic E-state index is 3.42. The van der Waals surface area contributed by atoms with Crippen molar-refractivity contribution in [2.24, 2.45) is 0 Å². The first-order valence-electron chi connectivity index (χ1n) is 3.25. The molecule has 2 heteroatoms. The highest BCUT2D eigenvalue weighted by Gasteiger charge is 2.30. The molecule has 2 aliphatic heterocycles. The summed E-state index contributed by atoms with van der Waals surface area (Å²) < 4.78 is 0. The highest BCUT2D eigenvalue weighted by Crippen LogP contribution is 2.19. The minimum atomic E-state index is 0.731. The van der Waals surface area contributed by atoms with Gasteiger partial charge in [-0.3, -0.25) is 0 Å². The molecule has 1 atom stereocenters. The lowest BCUT2D eigenvalue weighted by atomic mass is 10.1. The number of rotatable bonds is 0. The summed E-state index contributed by atoms with van der Waals surface area (Å²) in [6.45, 7) is 3.54. The van der Waals surface area contributed by atoms with Crippen molar-refractivity contribution < 1.29 is 0 Å². The van der Waals surface area contributed by atoms with E-state index in [1.165, 1.54) is 13.0 Å². The lowest BCUT2D eigenvalue weighted by Crippen LogP contribution is -2.27. The third-order valence-electron chi connectivity index (χ3n) is 2.03. The average Bonchev–Trinajstić information content (AvgIpc) is 2.15. The molecule has 2 saturated heterocycles. The summed E-state index contributed by atoms with van der Waals surface area (Å²) in [6, 6.07) is 0.731. The van der Waals surface area contributed by atoms with Gasteiger partial charge < -0.3 is 10.6 Å². The topological polar surface area (TPSA) is 24.1 Å². The molecule has 0 bridgehead atoms. The van der Waals surface area contributed by atoms with Gasteiger partial charge in [-0.15, -0.1) is 0 Å². The monoisotopic (exact) mass is 111 g/mol. The van der Waals surface area contributed by atoms with Gasteiger partial charge in [0, 0.05) is 25.0 Å². The Balaban J connectivity index is 2.04. The summed E-state index contributed by atoms with van der Waals surface area (Å²) in [4.78, 5) is 0. The number of fused-ring (bicyclic) bond motifs is 1. The van der Waals surface area contributed by atoms with E-state index in [4.69, 9.17) is 0 Å². The summed E-state index contributed by atoms with van der Waals surface area (Å²) >= 11 is 0. The summed E-state index contributed by atoms with van der Waals surface area (Å²) in [5.41, 5.74) is 0. The second-order valence-electron chi connectivity index (χ2n) is 2.55. The molecule has 2 fully saturated rings. The minimum absolute atomic E-state index is 0.731. The Hall–Kier alpha value is -0.0800. The molecule has 0 saturated carbocycles. The Morgan fingerprint density at radius 2 is 2.50 bits per heavy atom. The van der Waals surface area contributed by atoms with E-state index in [1.54, 1.807) is 5.92 Å². The Labute approximate surface area is 49.7 Å². The summed E-state index contributed by atoms with van der Waals surface area (Å²) in [5, 5.41) is 6.74. The third kappa shape index (κ3) is 0.565. The lowest BCUT2D eigenvalue weighted by molar-refractivity contribution is 0.658. The first-order chi connectivity index (χ1) is 3.97. The predicted octanol–water partition coefficient (Wildman–Crippen LogP) is -0.474. The third-order valence-corrected chi connectivity index (χ3v) is 2.03. The molecule has 8 heavy (non-hydrogen) atoms. The molecule has 45 valence electrons. The maximum absolute atomic E-state index is 3.42. The van der Waals surface area contributed by atoms with Gasteiger partial charge in [-0.25, -0.2) is 0 Å². The SMILES string of the molecule is C1C[C]2CNCC2N1. The van der Waals surface area contributed by atoms with E-state index in [1.807, 2.05) is 0 Å². The van der Waals surface area contributed by atoms with Crippen LogP contribution in [-0.2, 0) is 0 Å². The quantitative estimate of drug-likeness (QED) is 0.441. The van der Waals surface area contributed by atoms with Crippen molar-refractivity contribution >= 4 is 0 Å². The molecule has 2 aliphatic rings. The molecule has 2 nitrogen and oxygen atoms in total. The van der Waals surface area contributed by atoms with Gasteiger partial charge in [0.05, 0.1) is 0 Å². The number of hydrogen-bond acceptors (Lipinski definition) is 2. The van der Waals surface area contributed by atoms with Crippen LogP contribution in [0.25, 0.3) is 0 Å². The molecule has 2 heterocycles. The second kappa shape index (κ2) is 1.71. The van der Waals surface area contributed by atoms with E-state index in [-0.39, 0.29) is 0 Å². The molecule has 0 aromatic heterocycles. The summed E-state index contributed by atoms with van der Waals surface area (Å²) in [6.07, 6.45) is 1.30. The van der Waals surface area contributed by atoms with Crippen LogP contribution in [0, 0.1) is 5.92 Å². The van der Waals surface area contributed by atoms with Crippen molar-refractivity contribution in [2.45, 2.75) is 12.5 Å². The molecule has 0 spiro atoms. The summed E-state index contributed by atoms with van der Waals surface area (Å²) in [7, 11) is 0. The number of hydrogen-bond donors (Lipinski definition) is 2. The van der Waals surface area contributed by atoms with Crippen LogP contribution < -0.4 is 10.6 Å². The van der Waals surface area contributed by atoms with Gasteiger partial charge in [0.15, 0.2) is 0 Å². The van der Waals surface area contributed by atoms with Gasteiger partial charge in [0.25, 0.3) is 0 Å². The van der Waals surface area contributed by atoms with E-state index in [0.717, 1.165) is 19.1 Å². The molecular formula is C6H11N2. The van der Waals surface area contributed by atoms with Crippen LogP contribution >= 0.6 is 0 Å². The van der Waals surface area contributed by atoms with Crippen LogP contribution in [0.2, 0.25) is 0 Å². The minimum Gasteiger partial charge on any atom is -0.315 e. The highest BCUT2D eigenvalue weighted by molar-refractivity contribution is 5.13. The van der Waals surface area contributed by atoms with Crippen LogP contribution in [0.15, 0.2) is 0 Å². The van der Waals surface area contributed by atoms with Gasteiger partial charge in [0.2, 0.25) is 0 Å². The smallest absolute Gasteiger partial charge is 0.0267 e. The van der Waals surface area contributed by atoms with E-state index in [9.17, 15) is 0 Å². The molecule has 2 N–H and O–H groups in total. The Morgan fingerprint density at radius 1 is 1.50 bits per heavy atom. The molecule has 0 amide bonds. The van der Waals surface area contributed by atoms with Crippen molar-refractivity contribution in [3.8, 4) is 0 Å². The van der Waals surface area contributed by atoms with E-state index >= 15 is 0 Å². The Kier molecular flexibility index (Phi) is 1.02. The second-order valence-corrected chi connectivity index (χ2v) is 2.55. The zero-order valence-corrected chi connectivity index (χ0v) is 4.91. The fourth-order valence-electron chi connectivity index (χ4n) is 1.53. The largest absolute Gasteiger partial charge is 0.315 e. The van der Waals surface area contributed by atoms with Gasteiger partial charge in [-0.1, -0.05) is 0 Å². The normalized spacial score (nSPS) is 38.2. The lowest BCUT2D eigenvalue weighted by Gasteiger charge is -2.03. The van der Waals surface area contributed by atoms with Gasteiger partial charge >= 0.3 is 0 Å². The Morgan fingerprint density at radius 3 is 3.38 bits per heavy atom. The van der Waals surface area contributed by atoms with E-state index in [2.05, 4.69) is 10.6 Å². The van der Waals surface area contributed by atoms with Crippen LogP contribution in [0.4, 0.5) is 0 Å². The molecule has 0 aromatic carbocycles. The molecule has 1 radical (unpaired) electrons. The average molecular weight is 111 g/mol. The zero-order valence-electron chi connectivity index (χ0n) is 4.91. The molecule has 1 unspecified atom stereocenters. The van der Waals surface area contributed by atoms with Crippen LogP contribution in [0.5, 0.6) is 0 Å². The van der Waals surface area contributed by atoms with Crippen LogP contribution in [0.3, 0.4) is 0 Å². The van der Waals surface area contributed by atoms with Gasteiger partial charge in [-0.05, 0) is 13.0 Å². The Bertz CT molecular complexity index is 72.5. The maximum Gasteiger partial charge on any atom is 0.0267 e. The van der Waals surface area contributed by atoms with Crippen LogP contribution in [-0.4, -0.2) is 25.7 Å². The van der Waals surface area contributed by atoms with Gasteiger partial charge in [0.1, 0.15) is 0 Å². The molecule has 0 aliphatic carbocycles. The van der Waals surface area contributed by atoms with E-state index < -0.39 is 0 Å². The molecule has 2 rings (SSSR count). The predicted molar refractivity (Wildman–Crippen MR) is 32.5 cm³/mol. The van der Waals surface area contributed by atoms with Crippen molar-refractivity contribution in [1.82, 2.24) is 10.6 Å². The number of nitrogens with one attached hydrogen (secondary N) is 2. The van der Waals surface area contributed by atoms with Crippen LogP contribution in [0.1, 0.15) is 6.42 Å². The van der Waals surface area contributed by atoms with Gasteiger partial charge in [-0.2, -0.15) is 0 Å². The first-order valence-corrected chi connectivity index (χ1v) is 3.25. The van der Waals surface area contributed by atoms with Crippen molar-refractivity contribution in [3.63, 3.8) is 0 Å². The van der Waals surface area contributed by atoms with E-state index in [0.29, 0.717) is 0 Å². The van der Waals surface area contributed by atoms with Crippen molar-refractivity contribution in [3.05, 3.63) is 5.92 Å². The fourth-order valence-corrected chi connectivity index (χ4v) is 1.53. The van der Waals surface area contributed by atoms with Crippen molar-refractivity contribution in [1.29, 1.82) is 0 Å². The zero-order chi connectivity index (χ0) is 5.40. The van der Waals surface area contributed by atoms with Crippen molar-refractivity contribution in [2.75, 3.05) is 19.6 Å². The first kappa shape index (κ1) is 4.77. The highest BCUT2D eigenvalue weighted by atomic mass is 15.1. The molecule has 0 aromatic rings. The summed E-state index contributed by atoms with van der Waals surface area (Å²) in [5.74, 6) is 1.69.